The zero-order chi connectivity index (χ0) is 10.8. The molecule has 1 nitrogen and oxygen atoms in total. The highest BCUT2D eigenvalue weighted by atomic mass is 16.1. The molecule has 1 aromatic rings. The van der Waals surface area contributed by atoms with Gasteiger partial charge in [0.2, 0.25) is 0 Å². The van der Waals surface area contributed by atoms with Crippen molar-refractivity contribution < 1.29 is 4.79 Å². The average molecular weight is 200 g/mol. The van der Waals surface area contributed by atoms with Gasteiger partial charge >= 0.3 is 0 Å². The quantitative estimate of drug-likeness (QED) is 0.635. The Morgan fingerprint density at radius 3 is 2.73 bits per heavy atom. The summed E-state index contributed by atoms with van der Waals surface area (Å²) in [5.41, 5.74) is 4.67. The van der Waals surface area contributed by atoms with Crippen LogP contribution in [0.2, 0.25) is 0 Å². The van der Waals surface area contributed by atoms with Crippen molar-refractivity contribution in [1.29, 1.82) is 0 Å². The molecule has 15 heavy (non-hydrogen) atoms. The number of carbonyl (C=O) groups excluding carboxylic acids is 1. The van der Waals surface area contributed by atoms with E-state index in [4.69, 9.17) is 0 Å². The molecule has 0 N–H and O–H groups in total. The molecular formula is C14H16O. The van der Waals surface area contributed by atoms with E-state index >= 15 is 0 Å². The highest BCUT2D eigenvalue weighted by Gasteiger charge is 2.22. The van der Waals surface area contributed by atoms with Gasteiger partial charge in [-0.15, -0.1) is 0 Å². The summed E-state index contributed by atoms with van der Waals surface area (Å²) in [4.78, 5) is 11.9. The predicted octanol–water partition coefficient (Wildman–Crippen LogP) is 3.39. The minimum absolute atomic E-state index is 0.313. The van der Waals surface area contributed by atoms with Gasteiger partial charge in [-0.05, 0) is 30.9 Å². The third-order valence-corrected chi connectivity index (χ3v) is 3.14. The summed E-state index contributed by atoms with van der Waals surface area (Å²) in [6.45, 7) is 4.17. The van der Waals surface area contributed by atoms with Crippen LogP contribution in [-0.2, 0) is 11.2 Å². The Morgan fingerprint density at radius 2 is 2.00 bits per heavy atom. The maximum absolute atomic E-state index is 11.9. The lowest BCUT2D eigenvalue weighted by molar-refractivity contribution is -0.113. The van der Waals surface area contributed by atoms with Crippen LogP contribution in [0.15, 0.2) is 29.8 Å². The Balaban J connectivity index is 2.61. The molecule has 0 aliphatic heterocycles. The van der Waals surface area contributed by atoms with Gasteiger partial charge in [-0.1, -0.05) is 36.8 Å². The van der Waals surface area contributed by atoms with Crippen molar-refractivity contribution in [1.82, 2.24) is 0 Å². The van der Waals surface area contributed by atoms with Crippen LogP contribution in [0.1, 0.15) is 37.8 Å². The number of Topliss-reactive ketones (excluding diaryl/α,β-unsaturated/α-hetero) is 1. The number of fused-ring (bicyclic) bond motifs is 1. The van der Waals surface area contributed by atoms with Crippen molar-refractivity contribution in [3.63, 3.8) is 0 Å². The second-order valence-corrected chi connectivity index (χ2v) is 4.09. The van der Waals surface area contributed by atoms with Crippen LogP contribution < -0.4 is 0 Å². The predicted molar refractivity (Wildman–Crippen MR) is 62.7 cm³/mol. The largest absolute Gasteiger partial charge is 0.294 e. The minimum Gasteiger partial charge on any atom is -0.294 e. The molecule has 0 fully saturated rings. The normalized spacial score (nSPS) is 18.7. The lowest BCUT2D eigenvalue weighted by Crippen LogP contribution is -2.13. The zero-order valence-electron chi connectivity index (χ0n) is 9.34. The van der Waals surface area contributed by atoms with E-state index in [1.165, 1.54) is 11.1 Å². The van der Waals surface area contributed by atoms with Gasteiger partial charge in [0.05, 0.1) is 0 Å². The highest BCUT2D eigenvalue weighted by Crippen LogP contribution is 2.31. The molecule has 78 valence electrons. The molecule has 1 aliphatic carbocycles. The summed E-state index contributed by atoms with van der Waals surface area (Å²) in [6, 6.07) is 8.26. The van der Waals surface area contributed by atoms with Gasteiger partial charge in [-0.3, -0.25) is 4.79 Å². The first-order chi connectivity index (χ1) is 7.24. The second kappa shape index (κ2) is 4.01. The Labute approximate surface area is 90.8 Å². The molecule has 2 rings (SSSR count). The Morgan fingerprint density at radius 1 is 1.27 bits per heavy atom. The van der Waals surface area contributed by atoms with E-state index in [-0.39, 0.29) is 0 Å². The smallest absolute Gasteiger partial charge is 0.163 e. The van der Waals surface area contributed by atoms with Gasteiger partial charge in [0, 0.05) is 12.0 Å². The van der Waals surface area contributed by atoms with Crippen molar-refractivity contribution in [2.24, 2.45) is 0 Å². The Hall–Kier alpha value is -1.37. The first-order valence-electron chi connectivity index (χ1n) is 5.55. The van der Waals surface area contributed by atoms with Gasteiger partial charge in [-0.25, -0.2) is 0 Å². The molecule has 0 amide bonds. The molecule has 0 aromatic heterocycles. The molecule has 0 saturated heterocycles. The number of hydrogen-bond donors (Lipinski definition) is 0. The van der Waals surface area contributed by atoms with Crippen molar-refractivity contribution in [2.45, 2.75) is 33.1 Å². The van der Waals surface area contributed by atoms with Gasteiger partial charge in [0.15, 0.2) is 5.78 Å². The topological polar surface area (TPSA) is 17.1 Å². The van der Waals surface area contributed by atoms with E-state index < -0.39 is 0 Å². The van der Waals surface area contributed by atoms with Crippen LogP contribution in [0, 0.1) is 0 Å². The van der Waals surface area contributed by atoms with E-state index in [0.29, 0.717) is 12.2 Å². The molecule has 0 spiro atoms. The summed E-state index contributed by atoms with van der Waals surface area (Å²) in [5.74, 6) is 0.313. The summed E-state index contributed by atoms with van der Waals surface area (Å²) in [7, 11) is 0. The SMILES string of the molecule is CC/C(C)=C1/C(=O)CCc2ccccc21. The van der Waals surface area contributed by atoms with Crippen LogP contribution in [0.25, 0.3) is 5.57 Å². The summed E-state index contributed by atoms with van der Waals surface area (Å²) < 4.78 is 0. The van der Waals surface area contributed by atoms with Crippen molar-refractivity contribution in [3.05, 3.63) is 41.0 Å². The van der Waals surface area contributed by atoms with E-state index in [0.717, 1.165) is 24.0 Å². The monoisotopic (exact) mass is 200 g/mol. The molecule has 1 heteroatoms. The van der Waals surface area contributed by atoms with Crippen molar-refractivity contribution >= 4 is 11.4 Å². The van der Waals surface area contributed by atoms with Crippen molar-refractivity contribution in [2.75, 3.05) is 0 Å². The molecular weight excluding hydrogens is 184 g/mol. The van der Waals surface area contributed by atoms with Gasteiger partial charge in [-0.2, -0.15) is 0 Å². The molecule has 0 unspecified atom stereocenters. The third kappa shape index (κ3) is 1.74. The molecule has 0 radical (unpaired) electrons. The number of allylic oxidation sites excluding steroid dienone is 2. The standard InChI is InChI=1S/C14H16O/c1-3-10(2)14-12-7-5-4-6-11(12)8-9-13(14)15/h4-7H,3,8-9H2,1-2H3/b14-10+. The van der Waals surface area contributed by atoms with Crippen LogP contribution >= 0.6 is 0 Å². The van der Waals surface area contributed by atoms with Gasteiger partial charge in [0.1, 0.15) is 0 Å². The van der Waals surface area contributed by atoms with E-state index in [9.17, 15) is 4.79 Å². The minimum atomic E-state index is 0.313. The fraction of sp³-hybridized carbons (Fsp3) is 0.357. The fourth-order valence-electron chi connectivity index (χ4n) is 2.15. The number of ketones is 1. The first kappa shape index (κ1) is 10.2. The van der Waals surface area contributed by atoms with Crippen LogP contribution in [0.3, 0.4) is 0 Å². The van der Waals surface area contributed by atoms with E-state index in [1.54, 1.807) is 0 Å². The lowest BCUT2D eigenvalue weighted by atomic mass is 9.83. The van der Waals surface area contributed by atoms with Gasteiger partial charge in [0.25, 0.3) is 0 Å². The fourth-order valence-corrected chi connectivity index (χ4v) is 2.15. The first-order valence-corrected chi connectivity index (χ1v) is 5.55. The van der Waals surface area contributed by atoms with Crippen molar-refractivity contribution in [3.8, 4) is 0 Å². The summed E-state index contributed by atoms with van der Waals surface area (Å²) in [5, 5.41) is 0. The molecule has 0 saturated carbocycles. The maximum Gasteiger partial charge on any atom is 0.163 e. The average Bonchev–Trinajstić information content (AvgIpc) is 2.28. The molecule has 0 bridgehead atoms. The molecule has 1 aromatic carbocycles. The summed E-state index contributed by atoms with van der Waals surface area (Å²) >= 11 is 0. The molecule has 1 aliphatic rings. The number of hydrogen-bond acceptors (Lipinski definition) is 1. The van der Waals surface area contributed by atoms with Crippen LogP contribution in [-0.4, -0.2) is 5.78 Å². The number of rotatable bonds is 1. The zero-order valence-corrected chi connectivity index (χ0v) is 9.34. The molecule has 0 heterocycles. The van der Waals surface area contributed by atoms with Crippen LogP contribution in [0.4, 0.5) is 0 Å². The maximum atomic E-state index is 11.9. The Kier molecular flexibility index (Phi) is 2.72. The van der Waals surface area contributed by atoms with E-state index in [1.807, 2.05) is 12.1 Å². The van der Waals surface area contributed by atoms with E-state index in [2.05, 4.69) is 26.0 Å². The number of benzene rings is 1. The Bertz CT molecular complexity index is 427. The third-order valence-electron chi connectivity index (χ3n) is 3.14. The van der Waals surface area contributed by atoms with Crippen LogP contribution in [0.5, 0.6) is 0 Å². The second-order valence-electron chi connectivity index (χ2n) is 4.09. The molecule has 0 atom stereocenters. The highest BCUT2D eigenvalue weighted by molar-refractivity contribution is 6.23. The summed E-state index contributed by atoms with van der Waals surface area (Å²) in [6.07, 6.45) is 2.52. The number of aryl methyl sites for hydroxylation is 1. The lowest BCUT2D eigenvalue weighted by Gasteiger charge is -2.19. The number of carbonyl (C=O) groups is 1. The van der Waals surface area contributed by atoms with Gasteiger partial charge < -0.3 is 0 Å².